The fraction of sp³-hybridized carbons (Fsp3) is 0.571. The highest BCUT2D eigenvalue weighted by Crippen LogP contribution is 2.28. The van der Waals surface area contributed by atoms with E-state index in [1.165, 1.54) is 16.8 Å². The van der Waals surface area contributed by atoms with E-state index in [2.05, 4.69) is 28.4 Å². The quantitative estimate of drug-likeness (QED) is 0.906. The van der Waals surface area contributed by atoms with E-state index < -0.39 is 9.84 Å². The van der Waals surface area contributed by atoms with Gasteiger partial charge in [-0.25, -0.2) is 8.42 Å². The van der Waals surface area contributed by atoms with E-state index in [9.17, 15) is 8.42 Å². The second-order valence-corrected chi connectivity index (χ2v) is 7.83. The first-order valence-corrected chi connectivity index (χ1v) is 8.62. The lowest BCUT2D eigenvalue weighted by molar-refractivity contribution is 0.254. The molecule has 2 heterocycles. The molecule has 0 amide bonds. The van der Waals surface area contributed by atoms with Crippen LogP contribution in [0.25, 0.3) is 0 Å². The van der Waals surface area contributed by atoms with E-state index in [4.69, 9.17) is 0 Å². The molecule has 0 spiro atoms. The van der Waals surface area contributed by atoms with Crippen molar-refractivity contribution in [3.8, 4) is 0 Å². The molecule has 3 rings (SSSR count). The maximum atomic E-state index is 11.5. The van der Waals surface area contributed by atoms with Gasteiger partial charge in [0.2, 0.25) is 0 Å². The van der Waals surface area contributed by atoms with Gasteiger partial charge in [-0.2, -0.15) is 0 Å². The minimum absolute atomic E-state index is 0.169. The van der Waals surface area contributed by atoms with Crippen LogP contribution in [-0.4, -0.2) is 44.5 Å². The number of rotatable bonds is 3. The van der Waals surface area contributed by atoms with Crippen LogP contribution < -0.4 is 5.32 Å². The molecule has 0 radical (unpaired) electrons. The highest BCUT2D eigenvalue weighted by Gasteiger charge is 2.30. The van der Waals surface area contributed by atoms with Crippen molar-refractivity contribution < 1.29 is 8.42 Å². The van der Waals surface area contributed by atoms with Gasteiger partial charge in [0.15, 0.2) is 9.84 Å². The van der Waals surface area contributed by atoms with Crippen molar-refractivity contribution in [2.75, 3.05) is 30.4 Å². The van der Waals surface area contributed by atoms with Crippen LogP contribution in [0.5, 0.6) is 0 Å². The molecule has 5 heteroatoms. The smallest absolute Gasteiger partial charge is 0.151 e. The van der Waals surface area contributed by atoms with Gasteiger partial charge in [0.1, 0.15) is 0 Å². The summed E-state index contributed by atoms with van der Waals surface area (Å²) in [5, 5.41) is 3.44. The normalized spacial score (nSPS) is 24.4. The van der Waals surface area contributed by atoms with Crippen LogP contribution in [0.3, 0.4) is 0 Å². The van der Waals surface area contributed by atoms with Gasteiger partial charge < -0.3 is 5.32 Å². The number of fused-ring (bicyclic) bond motifs is 1. The zero-order chi connectivity index (χ0) is 13.5. The van der Waals surface area contributed by atoms with Crippen LogP contribution in [0, 0.1) is 0 Å². The summed E-state index contributed by atoms with van der Waals surface area (Å²) in [4.78, 5) is 2.18. The van der Waals surface area contributed by atoms with Crippen molar-refractivity contribution in [2.24, 2.45) is 0 Å². The summed E-state index contributed by atoms with van der Waals surface area (Å²) >= 11 is 0. The van der Waals surface area contributed by atoms with Crippen LogP contribution in [0.2, 0.25) is 0 Å². The van der Waals surface area contributed by atoms with Gasteiger partial charge >= 0.3 is 0 Å². The Morgan fingerprint density at radius 3 is 3.00 bits per heavy atom. The highest BCUT2D eigenvalue weighted by molar-refractivity contribution is 7.91. The molecule has 1 unspecified atom stereocenters. The third-order valence-corrected chi connectivity index (χ3v) is 5.94. The van der Waals surface area contributed by atoms with Crippen LogP contribution >= 0.6 is 0 Å². The van der Waals surface area contributed by atoms with E-state index in [0.717, 1.165) is 25.9 Å². The number of benzene rings is 1. The Bertz CT molecular complexity index is 583. The molecule has 0 aliphatic carbocycles. The number of nitrogens with one attached hydrogen (secondary N) is 1. The lowest BCUT2D eigenvalue weighted by Crippen LogP contribution is -2.32. The van der Waals surface area contributed by atoms with Crippen molar-refractivity contribution in [2.45, 2.75) is 25.4 Å². The zero-order valence-electron chi connectivity index (χ0n) is 11.2. The first kappa shape index (κ1) is 12.9. The number of para-hydroxylation sites is 1. The molecule has 0 saturated carbocycles. The van der Waals surface area contributed by atoms with Gasteiger partial charge in [-0.1, -0.05) is 18.2 Å². The highest BCUT2D eigenvalue weighted by atomic mass is 32.2. The van der Waals surface area contributed by atoms with E-state index >= 15 is 0 Å². The Kier molecular flexibility index (Phi) is 3.27. The lowest BCUT2D eigenvalue weighted by atomic mass is 10.1. The molecule has 1 saturated heterocycles. The molecular formula is C14H20N2O2S. The molecular weight excluding hydrogens is 260 g/mol. The van der Waals surface area contributed by atoms with Gasteiger partial charge in [0.05, 0.1) is 11.5 Å². The van der Waals surface area contributed by atoms with E-state index in [0.29, 0.717) is 11.5 Å². The number of hydrogen-bond donors (Lipinski definition) is 1. The van der Waals surface area contributed by atoms with Gasteiger partial charge in [-0.3, -0.25) is 4.90 Å². The fourth-order valence-corrected chi connectivity index (χ4v) is 4.87. The minimum Gasteiger partial charge on any atom is -0.384 e. The Morgan fingerprint density at radius 1 is 1.42 bits per heavy atom. The van der Waals surface area contributed by atoms with Crippen LogP contribution in [0.15, 0.2) is 18.2 Å². The van der Waals surface area contributed by atoms with Gasteiger partial charge in [-0.15, -0.1) is 0 Å². The summed E-state index contributed by atoms with van der Waals surface area (Å²) < 4.78 is 23.1. The largest absolute Gasteiger partial charge is 0.384 e. The first-order valence-electron chi connectivity index (χ1n) is 6.80. The first-order chi connectivity index (χ1) is 9.05. The number of anilines is 1. The molecule has 0 aromatic heterocycles. The third-order valence-electron chi connectivity index (χ3n) is 4.18. The van der Waals surface area contributed by atoms with E-state index in [1.54, 1.807) is 0 Å². The maximum Gasteiger partial charge on any atom is 0.151 e. The minimum atomic E-state index is -2.80. The van der Waals surface area contributed by atoms with Crippen molar-refractivity contribution in [1.82, 2.24) is 4.90 Å². The SMILES string of the molecule is CN(Cc1cccc2c1NCC2)C1CCS(=O)(=O)C1. The Labute approximate surface area is 114 Å². The van der Waals surface area contributed by atoms with Crippen LogP contribution in [-0.2, 0) is 22.8 Å². The molecule has 2 aliphatic rings. The number of nitrogens with zero attached hydrogens (tertiary/aromatic N) is 1. The second-order valence-electron chi connectivity index (χ2n) is 5.60. The Balaban J connectivity index is 1.74. The zero-order valence-corrected chi connectivity index (χ0v) is 12.0. The summed E-state index contributed by atoms with van der Waals surface area (Å²) in [6.45, 7) is 1.82. The molecule has 19 heavy (non-hydrogen) atoms. The number of hydrogen-bond acceptors (Lipinski definition) is 4. The monoisotopic (exact) mass is 280 g/mol. The predicted octanol–water partition coefficient (Wildman–Crippen LogP) is 1.27. The molecule has 2 aliphatic heterocycles. The topological polar surface area (TPSA) is 49.4 Å². The lowest BCUT2D eigenvalue weighted by Gasteiger charge is -2.24. The molecule has 0 bridgehead atoms. The van der Waals surface area contributed by atoms with Gasteiger partial charge in [0, 0.05) is 24.8 Å². The summed E-state index contributed by atoms with van der Waals surface area (Å²) in [7, 11) is -0.774. The van der Waals surface area contributed by atoms with Crippen molar-refractivity contribution in [1.29, 1.82) is 0 Å². The van der Waals surface area contributed by atoms with Gasteiger partial charge in [0.25, 0.3) is 0 Å². The Hall–Kier alpha value is -1.07. The van der Waals surface area contributed by atoms with E-state index in [-0.39, 0.29) is 6.04 Å². The van der Waals surface area contributed by atoms with E-state index in [1.807, 2.05) is 7.05 Å². The number of sulfone groups is 1. The third kappa shape index (κ3) is 2.62. The summed E-state index contributed by atoms with van der Waals surface area (Å²) in [6.07, 6.45) is 1.85. The molecule has 1 N–H and O–H groups in total. The second kappa shape index (κ2) is 4.80. The summed E-state index contributed by atoms with van der Waals surface area (Å²) in [5.74, 6) is 0.652. The molecule has 4 nitrogen and oxygen atoms in total. The van der Waals surface area contributed by atoms with Crippen LogP contribution in [0.4, 0.5) is 5.69 Å². The van der Waals surface area contributed by atoms with Crippen LogP contribution in [0.1, 0.15) is 17.5 Å². The fourth-order valence-electron chi connectivity index (χ4n) is 3.06. The molecule has 1 fully saturated rings. The maximum absolute atomic E-state index is 11.5. The molecule has 1 atom stereocenters. The molecule has 1 aromatic carbocycles. The standard InChI is InChI=1S/C14H20N2O2S/c1-16(13-6-8-19(17,18)10-13)9-12-4-2-3-11-5-7-15-14(11)12/h2-4,13,15H,5-10H2,1H3. The van der Waals surface area contributed by atoms with Crippen molar-refractivity contribution in [3.05, 3.63) is 29.3 Å². The molecule has 104 valence electrons. The summed E-state index contributed by atoms with van der Waals surface area (Å²) in [5.41, 5.74) is 3.92. The summed E-state index contributed by atoms with van der Waals surface area (Å²) in [6, 6.07) is 6.57. The van der Waals surface area contributed by atoms with Gasteiger partial charge in [-0.05, 0) is 31.0 Å². The average molecular weight is 280 g/mol. The average Bonchev–Trinajstić information content (AvgIpc) is 2.95. The predicted molar refractivity (Wildman–Crippen MR) is 77.2 cm³/mol. The van der Waals surface area contributed by atoms with Crippen molar-refractivity contribution in [3.63, 3.8) is 0 Å². The Morgan fingerprint density at radius 2 is 2.26 bits per heavy atom. The van der Waals surface area contributed by atoms with Crippen molar-refractivity contribution >= 4 is 15.5 Å². The molecule has 1 aromatic rings.